The number of carboxylic acid groups (broad SMARTS) is 1. The summed E-state index contributed by atoms with van der Waals surface area (Å²) in [6.07, 6.45) is 0.114. The van der Waals surface area contributed by atoms with Crippen molar-refractivity contribution in [2.45, 2.75) is 6.42 Å². The average Bonchev–Trinajstić information content (AvgIpc) is 2.20. The molecule has 0 bridgehead atoms. The van der Waals surface area contributed by atoms with Gasteiger partial charge in [0.05, 0.1) is 6.42 Å². The van der Waals surface area contributed by atoms with Crippen LogP contribution in [0.1, 0.15) is 16.8 Å². The minimum atomic E-state index is -0.822. The zero-order valence-corrected chi connectivity index (χ0v) is 11.7. The third-order valence-corrected chi connectivity index (χ3v) is 3.49. The number of likely N-dealkylation sites (tertiary alicyclic amines) is 1. The molecule has 6 heteroatoms. The topological polar surface area (TPSA) is 57.6 Å². The third-order valence-electron chi connectivity index (χ3n) is 2.82. The quantitative estimate of drug-likeness (QED) is 0.926. The number of nitrogens with zero attached hydrogens (tertiary/aromatic N) is 1. The molecule has 0 unspecified atom stereocenters. The highest BCUT2D eigenvalue weighted by atomic mass is 79.9. The summed E-state index contributed by atoms with van der Waals surface area (Å²) >= 11 is 9.16. The SMILES string of the molecule is O=C(O)CC1CN(C(=O)c2cc(Cl)cc(Br)c2)C1. The Bertz CT molecular complexity index is 480. The summed E-state index contributed by atoms with van der Waals surface area (Å²) in [4.78, 5) is 24.2. The summed E-state index contributed by atoms with van der Waals surface area (Å²) in [5.41, 5.74) is 0.517. The Morgan fingerprint density at radius 1 is 1.39 bits per heavy atom. The van der Waals surface area contributed by atoms with Crippen molar-refractivity contribution in [3.05, 3.63) is 33.3 Å². The molecule has 1 aliphatic heterocycles. The van der Waals surface area contributed by atoms with Gasteiger partial charge in [-0.25, -0.2) is 0 Å². The van der Waals surface area contributed by atoms with E-state index < -0.39 is 5.97 Å². The van der Waals surface area contributed by atoms with Crippen LogP contribution in [-0.4, -0.2) is 35.0 Å². The molecule has 0 radical (unpaired) electrons. The first-order valence-electron chi connectivity index (χ1n) is 5.43. The average molecular weight is 333 g/mol. The van der Waals surface area contributed by atoms with Crippen LogP contribution < -0.4 is 0 Å². The summed E-state index contributed by atoms with van der Waals surface area (Å²) in [5, 5.41) is 9.13. The smallest absolute Gasteiger partial charge is 0.303 e. The van der Waals surface area contributed by atoms with Crippen molar-refractivity contribution < 1.29 is 14.7 Å². The van der Waals surface area contributed by atoms with E-state index in [2.05, 4.69) is 15.9 Å². The molecule has 0 saturated carbocycles. The largest absolute Gasteiger partial charge is 0.481 e. The van der Waals surface area contributed by atoms with E-state index in [0.29, 0.717) is 23.7 Å². The fourth-order valence-corrected chi connectivity index (χ4v) is 2.83. The molecule has 1 amide bonds. The number of hydrogen-bond acceptors (Lipinski definition) is 2. The maximum absolute atomic E-state index is 12.1. The van der Waals surface area contributed by atoms with Crippen LogP contribution in [0.15, 0.2) is 22.7 Å². The van der Waals surface area contributed by atoms with Gasteiger partial charge >= 0.3 is 5.97 Å². The standard InChI is InChI=1S/C12H11BrClNO3/c13-9-2-8(3-10(14)4-9)12(18)15-5-7(6-15)1-11(16)17/h2-4,7H,1,5-6H2,(H,16,17). The number of carboxylic acids is 1. The number of carbonyl (C=O) groups is 2. The van der Waals surface area contributed by atoms with E-state index in [4.69, 9.17) is 16.7 Å². The van der Waals surface area contributed by atoms with Crippen LogP contribution in [0.5, 0.6) is 0 Å². The Labute approximate surface area is 118 Å². The second-order valence-electron chi connectivity index (χ2n) is 4.33. The third kappa shape index (κ3) is 3.03. The first-order valence-corrected chi connectivity index (χ1v) is 6.60. The van der Waals surface area contributed by atoms with Gasteiger partial charge in [-0.2, -0.15) is 0 Å². The number of rotatable bonds is 3. The van der Waals surface area contributed by atoms with Gasteiger partial charge in [0, 0.05) is 34.1 Å². The first kappa shape index (κ1) is 13.4. The number of aliphatic carboxylic acids is 1. The van der Waals surface area contributed by atoms with Gasteiger partial charge < -0.3 is 10.0 Å². The summed E-state index contributed by atoms with van der Waals surface area (Å²) in [5.74, 6) is -0.869. The molecule has 1 N–H and O–H groups in total. The predicted octanol–water partition coefficient (Wildman–Crippen LogP) is 2.65. The monoisotopic (exact) mass is 331 g/mol. The zero-order chi connectivity index (χ0) is 13.3. The van der Waals surface area contributed by atoms with E-state index in [1.165, 1.54) is 0 Å². The number of halogens is 2. The van der Waals surface area contributed by atoms with E-state index in [0.717, 1.165) is 4.47 Å². The van der Waals surface area contributed by atoms with E-state index in [1.807, 2.05) is 0 Å². The van der Waals surface area contributed by atoms with Gasteiger partial charge in [0.25, 0.3) is 5.91 Å². The second-order valence-corrected chi connectivity index (χ2v) is 5.68. The van der Waals surface area contributed by atoms with Gasteiger partial charge in [0.1, 0.15) is 0 Å². The van der Waals surface area contributed by atoms with E-state index in [9.17, 15) is 9.59 Å². The molecular weight excluding hydrogens is 321 g/mol. The highest BCUT2D eigenvalue weighted by molar-refractivity contribution is 9.10. The van der Waals surface area contributed by atoms with Gasteiger partial charge in [-0.05, 0) is 18.2 Å². The van der Waals surface area contributed by atoms with E-state index >= 15 is 0 Å². The van der Waals surface area contributed by atoms with Crippen molar-refractivity contribution in [3.8, 4) is 0 Å². The molecule has 1 heterocycles. The van der Waals surface area contributed by atoms with Crippen LogP contribution in [0.4, 0.5) is 0 Å². The van der Waals surface area contributed by atoms with Crippen molar-refractivity contribution >= 4 is 39.4 Å². The molecule has 1 fully saturated rings. The Balaban J connectivity index is 1.99. The van der Waals surface area contributed by atoms with Gasteiger partial charge in [0.2, 0.25) is 0 Å². The Morgan fingerprint density at radius 3 is 2.61 bits per heavy atom. The fraction of sp³-hybridized carbons (Fsp3) is 0.333. The normalized spacial score (nSPS) is 15.3. The highest BCUT2D eigenvalue weighted by Gasteiger charge is 2.32. The van der Waals surface area contributed by atoms with Crippen LogP contribution in [-0.2, 0) is 4.79 Å². The fourth-order valence-electron chi connectivity index (χ4n) is 1.97. The van der Waals surface area contributed by atoms with Crippen LogP contribution in [0, 0.1) is 5.92 Å². The minimum Gasteiger partial charge on any atom is -0.481 e. The molecule has 0 aromatic heterocycles. The lowest BCUT2D eigenvalue weighted by atomic mass is 9.95. The molecule has 18 heavy (non-hydrogen) atoms. The van der Waals surface area contributed by atoms with Crippen LogP contribution >= 0.6 is 27.5 Å². The van der Waals surface area contributed by atoms with Gasteiger partial charge in [-0.1, -0.05) is 27.5 Å². The first-order chi connectivity index (χ1) is 8.45. The maximum Gasteiger partial charge on any atom is 0.303 e. The number of carbonyl (C=O) groups excluding carboxylic acids is 1. The molecule has 1 aromatic carbocycles. The molecule has 4 nitrogen and oxygen atoms in total. The van der Waals surface area contributed by atoms with Crippen molar-refractivity contribution in [2.24, 2.45) is 5.92 Å². The summed E-state index contributed by atoms with van der Waals surface area (Å²) in [7, 11) is 0. The van der Waals surface area contributed by atoms with Crippen LogP contribution in [0.25, 0.3) is 0 Å². The lowest BCUT2D eigenvalue weighted by Crippen LogP contribution is -2.50. The molecule has 1 saturated heterocycles. The van der Waals surface area contributed by atoms with E-state index in [-0.39, 0.29) is 18.2 Å². The Kier molecular flexibility index (Phi) is 3.92. The zero-order valence-electron chi connectivity index (χ0n) is 9.40. The predicted molar refractivity (Wildman–Crippen MR) is 70.8 cm³/mol. The van der Waals surface area contributed by atoms with Crippen molar-refractivity contribution in [3.63, 3.8) is 0 Å². The molecular formula is C12H11BrClNO3. The van der Waals surface area contributed by atoms with Crippen LogP contribution in [0.3, 0.4) is 0 Å². The summed E-state index contributed by atoms with van der Waals surface area (Å²) in [6, 6.07) is 5.03. The lowest BCUT2D eigenvalue weighted by molar-refractivity contribution is -0.139. The summed E-state index contributed by atoms with van der Waals surface area (Å²) in [6.45, 7) is 0.991. The Hall–Kier alpha value is -1.07. The van der Waals surface area contributed by atoms with Crippen LogP contribution in [0.2, 0.25) is 5.02 Å². The number of hydrogen-bond donors (Lipinski definition) is 1. The molecule has 96 valence electrons. The van der Waals surface area contributed by atoms with Crippen molar-refractivity contribution in [1.82, 2.24) is 4.90 Å². The van der Waals surface area contributed by atoms with Gasteiger partial charge in [-0.3, -0.25) is 9.59 Å². The molecule has 2 rings (SSSR count). The molecule has 0 aliphatic carbocycles. The number of amides is 1. The second kappa shape index (κ2) is 5.28. The van der Waals surface area contributed by atoms with E-state index in [1.54, 1.807) is 23.1 Å². The molecule has 1 aliphatic rings. The summed E-state index contributed by atoms with van der Waals surface area (Å²) < 4.78 is 0.751. The highest BCUT2D eigenvalue weighted by Crippen LogP contribution is 2.25. The van der Waals surface area contributed by atoms with Gasteiger partial charge in [0.15, 0.2) is 0 Å². The van der Waals surface area contributed by atoms with Crippen molar-refractivity contribution in [1.29, 1.82) is 0 Å². The minimum absolute atomic E-state index is 0.0640. The molecule has 1 aromatic rings. The number of benzene rings is 1. The maximum atomic E-state index is 12.1. The molecule has 0 spiro atoms. The Morgan fingerprint density at radius 2 is 2.06 bits per heavy atom. The van der Waals surface area contributed by atoms with Crippen molar-refractivity contribution in [2.75, 3.05) is 13.1 Å². The van der Waals surface area contributed by atoms with Gasteiger partial charge in [-0.15, -0.1) is 0 Å². The lowest BCUT2D eigenvalue weighted by Gasteiger charge is -2.38. The molecule has 0 atom stereocenters.